The van der Waals surface area contributed by atoms with Crippen molar-refractivity contribution in [2.24, 2.45) is 5.73 Å². The predicted molar refractivity (Wildman–Crippen MR) is 141 cm³/mol. The van der Waals surface area contributed by atoms with Crippen LogP contribution in [0.25, 0.3) is 0 Å². The molecule has 0 spiro atoms. The average molecular weight is 518 g/mol. The van der Waals surface area contributed by atoms with Gasteiger partial charge in [-0.3, -0.25) is 14.1 Å². The number of carbonyl (C=O) groups is 2. The summed E-state index contributed by atoms with van der Waals surface area (Å²) in [6, 6.07) is 0. The van der Waals surface area contributed by atoms with E-state index in [4.69, 9.17) is 19.7 Å². The van der Waals surface area contributed by atoms with E-state index < -0.39 is 14.8 Å². The minimum absolute atomic E-state index is 0.0618. The first-order valence-electron chi connectivity index (χ1n) is 14.1. The topological polar surface area (TPSA) is 105 Å². The van der Waals surface area contributed by atoms with Crippen molar-refractivity contribution in [2.75, 3.05) is 19.8 Å². The monoisotopic (exact) mass is 517 g/mol. The Balaban J connectivity index is 3.82. The number of carbonyl (C=O) groups excluding carboxylic acids is 2. The molecule has 0 unspecified atom stereocenters. The maximum atomic E-state index is 12.1. The summed E-state index contributed by atoms with van der Waals surface area (Å²) in [6.45, 7) is 2.87. The zero-order valence-corrected chi connectivity index (χ0v) is 23.2. The van der Waals surface area contributed by atoms with Crippen molar-refractivity contribution in [3.8, 4) is 0 Å². The van der Waals surface area contributed by atoms with Crippen LogP contribution in [0.2, 0.25) is 0 Å². The molecule has 0 bridgehead atoms. The first kappa shape index (κ1) is 34.0. The van der Waals surface area contributed by atoms with E-state index in [0.717, 1.165) is 51.5 Å². The van der Waals surface area contributed by atoms with E-state index in [9.17, 15) is 14.2 Å². The number of ether oxygens (including phenoxy) is 2. The molecule has 0 aliphatic rings. The summed E-state index contributed by atoms with van der Waals surface area (Å²) in [6.07, 6.45) is 20.8. The highest BCUT2D eigenvalue weighted by Crippen LogP contribution is 2.13. The number of nitrogens with two attached hydrogens (primary N) is 1. The second-order valence-electron chi connectivity index (χ2n) is 9.46. The third kappa shape index (κ3) is 25.8. The molecule has 35 heavy (non-hydrogen) atoms. The third-order valence-electron chi connectivity index (χ3n) is 6.11. The van der Waals surface area contributed by atoms with Gasteiger partial charge in [0.1, 0.15) is 13.2 Å². The van der Waals surface area contributed by atoms with Gasteiger partial charge in [0.2, 0.25) is 0 Å². The number of unbranched alkanes of at least 4 members (excludes halogenated alkanes) is 16. The Kier molecular flexibility index (Phi) is 26.7. The normalized spacial score (nSPS) is 12.1. The van der Waals surface area contributed by atoms with Crippen molar-refractivity contribution in [1.82, 2.24) is 0 Å². The zero-order valence-electron chi connectivity index (χ0n) is 22.3. The summed E-state index contributed by atoms with van der Waals surface area (Å²) in [4.78, 5) is 24.1. The van der Waals surface area contributed by atoms with Gasteiger partial charge >= 0.3 is 20.6 Å². The van der Waals surface area contributed by atoms with Gasteiger partial charge in [-0.25, -0.2) is 4.57 Å². The summed E-state index contributed by atoms with van der Waals surface area (Å²) in [5.74, 6) is -0.628. The summed E-state index contributed by atoms with van der Waals surface area (Å²) < 4.78 is 26.1. The van der Waals surface area contributed by atoms with Gasteiger partial charge in [0, 0.05) is 12.8 Å². The van der Waals surface area contributed by atoms with Crippen molar-refractivity contribution in [3.63, 3.8) is 0 Å². The molecule has 206 valence electrons. The van der Waals surface area contributed by atoms with E-state index in [1.54, 1.807) is 0 Å². The van der Waals surface area contributed by atoms with Crippen molar-refractivity contribution < 1.29 is 28.2 Å². The van der Waals surface area contributed by atoms with Gasteiger partial charge < -0.3 is 15.2 Å². The molecule has 0 aliphatic heterocycles. The lowest BCUT2D eigenvalue weighted by atomic mass is 10.1. The summed E-state index contributed by atoms with van der Waals surface area (Å²) in [5.41, 5.74) is 5.50. The highest BCUT2D eigenvalue weighted by atomic mass is 31.1. The highest BCUT2D eigenvalue weighted by molar-refractivity contribution is 7.17. The fourth-order valence-corrected chi connectivity index (χ4v) is 4.19. The van der Waals surface area contributed by atoms with Crippen LogP contribution in [0, 0.1) is 0 Å². The first-order chi connectivity index (χ1) is 17.1. The van der Waals surface area contributed by atoms with Crippen LogP contribution >= 0.6 is 8.69 Å². The molecule has 0 fully saturated rings. The fourth-order valence-electron chi connectivity index (χ4n) is 3.96. The van der Waals surface area contributed by atoms with Crippen LogP contribution in [-0.4, -0.2) is 37.8 Å². The Morgan fingerprint density at radius 1 is 0.657 bits per heavy atom. The molecule has 0 rings (SSSR count). The van der Waals surface area contributed by atoms with E-state index in [0.29, 0.717) is 12.8 Å². The molecule has 0 heterocycles. The zero-order chi connectivity index (χ0) is 25.8. The summed E-state index contributed by atoms with van der Waals surface area (Å²) in [7, 11) is -0.488. The molecular formula is C27H52NO6P. The Labute approximate surface area is 215 Å². The summed E-state index contributed by atoms with van der Waals surface area (Å²) in [5, 5.41) is 0. The number of esters is 2. The Morgan fingerprint density at radius 3 is 1.60 bits per heavy atom. The Morgan fingerprint density at radius 2 is 1.11 bits per heavy atom. The van der Waals surface area contributed by atoms with Crippen LogP contribution < -0.4 is 5.73 Å². The lowest BCUT2D eigenvalue weighted by molar-refractivity contribution is -0.160. The molecule has 0 radical (unpaired) electrons. The molecular weight excluding hydrogens is 465 g/mol. The lowest BCUT2D eigenvalue weighted by Gasteiger charge is -2.16. The molecule has 1 atom stereocenters. The molecule has 0 aromatic carbocycles. The van der Waals surface area contributed by atoms with Crippen molar-refractivity contribution in [2.45, 2.75) is 141 Å². The second-order valence-corrected chi connectivity index (χ2v) is 9.87. The van der Waals surface area contributed by atoms with Crippen molar-refractivity contribution in [1.29, 1.82) is 0 Å². The van der Waals surface area contributed by atoms with Gasteiger partial charge in [-0.15, -0.1) is 0 Å². The molecule has 0 saturated heterocycles. The van der Waals surface area contributed by atoms with E-state index in [1.165, 1.54) is 70.6 Å². The third-order valence-corrected chi connectivity index (χ3v) is 6.37. The molecule has 0 aromatic heterocycles. The van der Waals surface area contributed by atoms with Gasteiger partial charge in [-0.05, 0) is 25.8 Å². The minimum Gasteiger partial charge on any atom is -0.462 e. The smallest absolute Gasteiger partial charge is 0.327 e. The summed E-state index contributed by atoms with van der Waals surface area (Å²) >= 11 is 0. The molecule has 0 aromatic rings. The van der Waals surface area contributed by atoms with Gasteiger partial charge in [-0.1, -0.05) is 103 Å². The molecule has 2 N–H and O–H groups in total. The van der Waals surface area contributed by atoms with E-state index in [2.05, 4.69) is 6.92 Å². The van der Waals surface area contributed by atoms with E-state index >= 15 is 0 Å². The van der Waals surface area contributed by atoms with Gasteiger partial charge in [0.15, 0.2) is 6.10 Å². The molecule has 0 aliphatic carbocycles. The molecule has 7 nitrogen and oxygen atoms in total. The maximum absolute atomic E-state index is 12.1. The van der Waals surface area contributed by atoms with Gasteiger partial charge in [0.25, 0.3) is 0 Å². The fraction of sp³-hybridized carbons (Fsp3) is 0.926. The second kappa shape index (κ2) is 27.5. The number of rotatable bonds is 27. The SMILES string of the molecule is CCCCCCCCCCC(=O)O[C@@H](COP=O)COC(=O)CCCCCCCCCCCCN. The molecule has 8 heteroatoms. The number of hydrogen-bond donors (Lipinski definition) is 1. The van der Waals surface area contributed by atoms with Gasteiger partial charge in [-0.2, -0.15) is 0 Å². The van der Waals surface area contributed by atoms with Crippen LogP contribution in [0.3, 0.4) is 0 Å². The number of hydrogen-bond acceptors (Lipinski definition) is 7. The highest BCUT2D eigenvalue weighted by Gasteiger charge is 2.17. The van der Waals surface area contributed by atoms with E-state index in [-0.39, 0.29) is 25.2 Å². The lowest BCUT2D eigenvalue weighted by Crippen LogP contribution is -2.28. The van der Waals surface area contributed by atoms with Gasteiger partial charge in [0.05, 0.1) is 0 Å². The van der Waals surface area contributed by atoms with Crippen LogP contribution in [0.1, 0.15) is 135 Å². The van der Waals surface area contributed by atoms with Crippen LogP contribution in [0.4, 0.5) is 0 Å². The van der Waals surface area contributed by atoms with E-state index in [1.807, 2.05) is 0 Å². The average Bonchev–Trinajstić information content (AvgIpc) is 2.85. The van der Waals surface area contributed by atoms with Crippen LogP contribution in [0.5, 0.6) is 0 Å². The predicted octanol–water partition coefficient (Wildman–Crippen LogP) is 7.45. The Bertz CT molecular complexity index is 506. The molecule has 0 amide bonds. The van der Waals surface area contributed by atoms with Crippen molar-refractivity contribution >= 4 is 20.6 Å². The standard InChI is InChI=1S/C27H52NO6P/c1-2-3-4-5-6-11-15-18-21-27(30)34-25(24-33-35-31)23-32-26(29)20-17-14-12-9-7-8-10-13-16-19-22-28/h25H,2-24,28H2,1H3/t25-/m1/s1. The minimum atomic E-state index is -0.730. The Hall–Kier alpha value is -1.04. The largest absolute Gasteiger partial charge is 0.462 e. The molecule has 0 saturated carbocycles. The van der Waals surface area contributed by atoms with Crippen LogP contribution in [-0.2, 0) is 28.2 Å². The quantitative estimate of drug-likeness (QED) is 0.0685. The maximum Gasteiger partial charge on any atom is 0.327 e. The first-order valence-corrected chi connectivity index (χ1v) is 14.9. The van der Waals surface area contributed by atoms with Crippen LogP contribution in [0.15, 0.2) is 0 Å². The van der Waals surface area contributed by atoms with Crippen molar-refractivity contribution in [3.05, 3.63) is 0 Å².